The summed E-state index contributed by atoms with van der Waals surface area (Å²) in [6, 6.07) is 8.37. The molecule has 6 nitrogen and oxygen atoms in total. The number of furan rings is 1. The number of hydrogen-bond acceptors (Lipinski definition) is 5. The average Bonchev–Trinajstić information content (AvgIpc) is 3.17. The van der Waals surface area contributed by atoms with Crippen molar-refractivity contribution in [3.8, 4) is 0 Å². The first-order valence-electron chi connectivity index (χ1n) is 9.76. The first-order valence-corrected chi connectivity index (χ1v) is 9.76. The number of carbonyl (C=O) groups excluding carboxylic acids is 1. The fraction of sp³-hybridized carbons (Fsp3) is 0.524. The van der Waals surface area contributed by atoms with Gasteiger partial charge in [0.05, 0.1) is 6.54 Å². The van der Waals surface area contributed by atoms with E-state index in [2.05, 4.69) is 20.9 Å². The maximum atomic E-state index is 12.1. The van der Waals surface area contributed by atoms with Crippen molar-refractivity contribution in [2.45, 2.75) is 32.0 Å². The molecule has 5 heterocycles. The molecule has 0 saturated carbocycles. The van der Waals surface area contributed by atoms with Gasteiger partial charge in [0.1, 0.15) is 5.76 Å². The minimum absolute atomic E-state index is 0.0945. The van der Waals surface area contributed by atoms with E-state index in [0.29, 0.717) is 18.3 Å². The highest BCUT2D eigenvalue weighted by Crippen LogP contribution is 2.32. The quantitative estimate of drug-likeness (QED) is 0.784. The lowest BCUT2D eigenvalue weighted by Crippen LogP contribution is -2.56. The Morgan fingerprint density at radius 3 is 2.67 bits per heavy atom. The van der Waals surface area contributed by atoms with Gasteiger partial charge in [-0.2, -0.15) is 0 Å². The third-order valence-corrected chi connectivity index (χ3v) is 5.84. The number of fused-ring (bicyclic) bond motifs is 3. The smallest absolute Gasteiger partial charge is 0.289 e. The van der Waals surface area contributed by atoms with Gasteiger partial charge in [-0.25, -0.2) is 0 Å². The second-order valence-corrected chi connectivity index (χ2v) is 7.94. The van der Waals surface area contributed by atoms with Crippen LogP contribution in [-0.2, 0) is 13.1 Å². The van der Waals surface area contributed by atoms with E-state index in [9.17, 15) is 4.79 Å². The molecule has 1 amide bonds. The van der Waals surface area contributed by atoms with Gasteiger partial charge in [-0.1, -0.05) is 6.07 Å². The number of nitrogens with zero attached hydrogens (tertiary/aromatic N) is 4. The van der Waals surface area contributed by atoms with Crippen LogP contribution in [0.1, 0.15) is 34.7 Å². The lowest BCUT2D eigenvalue weighted by atomic mass is 9.83. The van der Waals surface area contributed by atoms with E-state index in [1.54, 1.807) is 25.1 Å². The van der Waals surface area contributed by atoms with E-state index >= 15 is 0 Å². The van der Waals surface area contributed by atoms with Gasteiger partial charge in [-0.15, -0.1) is 0 Å². The lowest BCUT2D eigenvalue weighted by Gasteiger charge is -2.49. The van der Waals surface area contributed by atoms with Crippen LogP contribution in [0, 0.1) is 5.92 Å². The van der Waals surface area contributed by atoms with E-state index in [-0.39, 0.29) is 5.91 Å². The van der Waals surface area contributed by atoms with Gasteiger partial charge >= 0.3 is 0 Å². The molecular formula is C21H28N4O2. The summed E-state index contributed by atoms with van der Waals surface area (Å²) in [7, 11) is 3.49. The van der Waals surface area contributed by atoms with Gasteiger partial charge in [-0.05, 0) is 55.6 Å². The molecule has 3 saturated heterocycles. The van der Waals surface area contributed by atoms with Crippen molar-refractivity contribution in [1.82, 2.24) is 19.7 Å². The monoisotopic (exact) mass is 368 g/mol. The zero-order valence-corrected chi connectivity index (χ0v) is 16.2. The molecule has 3 fully saturated rings. The van der Waals surface area contributed by atoms with Gasteiger partial charge in [0.2, 0.25) is 0 Å². The maximum Gasteiger partial charge on any atom is 0.289 e. The first-order chi connectivity index (χ1) is 13.1. The van der Waals surface area contributed by atoms with E-state index in [1.165, 1.54) is 31.5 Å². The van der Waals surface area contributed by atoms with Crippen molar-refractivity contribution < 1.29 is 9.21 Å². The third-order valence-electron chi connectivity index (χ3n) is 5.84. The summed E-state index contributed by atoms with van der Waals surface area (Å²) in [5.74, 6) is 1.90. The summed E-state index contributed by atoms with van der Waals surface area (Å²) >= 11 is 0. The molecule has 0 radical (unpaired) electrons. The summed E-state index contributed by atoms with van der Waals surface area (Å²) in [5, 5.41) is 0. The Bertz CT molecular complexity index is 765. The standard InChI is InChI=1S/C21H28N4O2/c1-23(2)21(26)20-6-5-18(27-20)14-25(13-16-4-3-9-22-12-16)19-15-24-10-7-17(19)8-11-24/h3-6,9,12,17,19H,7-8,10-11,13-15H2,1-2H3. The molecule has 2 bridgehead atoms. The topological polar surface area (TPSA) is 52.8 Å². The molecule has 3 aliphatic heterocycles. The van der Waals surface area contributed by atoms with E-state index < -0.39 is 0 Å². The Labute approximate surface area is 160 Å². The fourth-order valence-corrected chi connectivity index (χ4v) is 4.36. The number of aromatic nitrogens is 1. The molecule has 6 heteroatoms. The molecule has 2 aromatic heterocycles. The van der Waals surface area contributed by atoms with Gasteiger partial charge in [0, 0.05) is 45.6 Å². The van der Waals surface area contributed by atoms with E-state index in [4.69, 9.17) is 4.42 Å². The Morgan fingerprint density at radius 1 is 1.22 bits per heavy atom. The van der Waals surface area contributed by atoms with Gasteiger partial charge in [0.25, 0.3) is 5.91 Å². The first kappa shape index (κ1) is 18.2. The summed E-state index contributed by atoms with van der Waals surface area (Å²) in [5.41, 5.74) is 1.21. The van der Waals surface area contributed by atoms with Crippen molar-refractivity contribution in [3.05, 3.63) is 53.7 Å². The number of rotatable bonds is 6. The number of carbonyl (C=O) groups is 1. The molecule has 5 rings (SSSR count). The number of hydrogen-bond donors (Lipinski definition) is 0. The Hall–Kier alpha value is -2.18. The zero-order valence-electron chi connectivity index (χ0n) is 16.2. The minimum Gasteiger partial charge on any atom is -0.455 e. The van der Waals surface area contributed by atoms with Crippen molar-refractivity contribution in [2.24, 2.45) is 5.92 Å². The Morgan fingerprint density at radius 2 is 2.04 bits per heavy atom. The Kier molecular flexibility index (Phi) is 5.27. The van der Waals surface area contributed by atoms with Crippen LogP contribution < -0.4 is 0 Å². The second kappa shape index (κ2) is 7.82. The fourth-order valence-electron chi connectivity index (χ4n) is 4.36. The summed E-state index contributed by atoms with van der Waals surface area (Å²) in [4.78, 5) is 23.0. The molecule has 0 aromatic carbocycles. The molecule has 144 valence electrons. The second-order valence-electron chi connectivity index (χ2n) is 7.94. The van der Waals surface area contributed by atoms with E-state index in [1.807, 2.05) is 24.5 Å². The van der Waals surface area contributed by atoms with E-state index in [0.717, 1.165) is 24.8 Å². The predicted molar refractivity (Wildman–Crippen MR) is 103 cm³/mol. The normalized spacial score (nSPS) is 24.3. The van der Waals surface area contributed by atoms with Crippen molar-refractivity contribution in [2.75, 3.05) is 33.7 Å². The molecule has 2 aromatic rings. The largest absolute Gasteiger partial charge is 0.455 e. The molecule has 3 aliphatic rings. The molecule has 27 heavy (non-hydrogen) atoms. The summed E-state index contributed by atoms with van der Waals surface area (Å²) < 4.78 is 5.88. The van der Waals surface area contributed by atoms with Crippen LogP contribution in [0.4, 0.5) is 0 Å². The number of amides is 1. The van der Waals surface area contributed by atoms with Gasteiger partial charge in [-0.3, -0.25) is 14.7 Å². The zero-order chi connectivity index (χ0) is 18.8. The Balaban J connectivity index is 1.54. The van der Waals surface area contributed by atoms with Crippen LogP contribution in [0.15, 0.2) is 41.1 Å². The SMILES string of the molecule is CN(C)C(=O)c1ccc(CN(Cc2cccnc2)C2CN3CCC2CC3)o1. The predicted octanol–water partition coefficient (Wildman–Crippen LogP) is 2.47. The van der Waals surface area contributed by atoms with Gasteiger partial charge in [0.15, 0.2) is 5.76 Å². The number of piperidine rings is 3. The van der Waals surface area contributed by atoms with Crippen molar-refractivity contribution >= 4 is 5.91 Å². The number of pyridine rings is 1. The molecular weight excluding hydrogens is 340 g/mol. The highest BCUT2D eigenvalue weighted by Gasteiger charge is 2.37. The molecule has 0 spiro atoms. The van der Waals surface area contributed by atoms with Crippen LogP contribution in [0.2, 0.25) is 0 Å². The maximum absolute atomic E-state index is 12.1. The van der Waals surface area contributed by atoms with Crippen molar-refractivity contribution in [3.63, 3.8) is 0 Å². The summed E-state index contributed by atoms with van der Waals surface area (Å²) in [6.45, 7) is 5.13. The molecule has 0 N–H and O–H groups in total. The van der Waals surface area contributed by atoms with Crippen LogP contribution in [0.25, 0.3) is 0 Å². The highest BCUT2D eigenvalue weighted by atomic mass is 16.4. The van der Waals surface area contributed by atoms with Crippen molar-refractivity contribution in [1.29, 1.82) is 0 Å². The van der Waals surface area contributed by atoms with Gasteiger partial charge < -0.3 is 14.2 Å². The minimum atomic E-state index is -0.0945. The lowest BCUT2D eigenvalue weighted by molar-refractivity contribution is -0.00536. The van der Waals surface area contributed by atoms with Crippen LogP contribution in [0.5, 0.6) is 0 Å². The molecule has 1 atom stereocenters. The molecule has 0 aliphatic carbocycles. The highest BCUT2D eigenvalue weighted by molar-refractivity contribution is 5.91. The molecule has 1 unspecified atom stereocenters. The average molecular weight is 368 g/mol. The third kappa shape index (κ3) is 4.06. The van der Waals surface area contributed by atoms with Crippen LogP contribution in [0.3, 0.4) is 0 Å². The van der Waals surface area contributed by atoms with Crippen LogP contribution in [-0.4, -0.2) is 65.4 Å². The van der Waals surface area contributed by atoms with Crippen LogP contribution >= 0.6 is 0 Å². The summed E-state index contributed by atoms with van der Waals surface area (Å²) in [6.07, 6.45) is 6.30.